The second kappa shape index (κ2) is 3.06. The average molecular weight is 273 g/mol. The van der Waals surface area contributed by atoms with E-state index in [1.807, 2.05) is 10.9 Å². The number of hydrogen-bond acceptors (Lipinski definition) is 3. The third kappa shape index (κ3) is 1.23. The molecule has 0 aromatic carbocycles. The standard InChI is InChI=1S/C10H13BrN2O2/c1-6(2)13-9(7(11)3-12-13)10-5-14-4-8(10)15-10/h3,6,8H,4-5H2,1-2H3/t8-,10+/m1/s1. The number of nitrogens with zero attached hydrogens (tertiary/aromatic N) is 2. The van der Waals surface area contributed by atoms with Gasteiger partial charge in [-0.05, 0) is 29.8 Å². The summed E-state index contributed by atoms with van der Waals surface area (Å²) in [6.07, 6.45) is 2.06. The summed E-state index contributed by atoms with van der Waals surface area (Å²) in [5.74, 6) is 0. The van der Waals surface area contributed by atoms with Gasteiger partial charge in [0, 0.05) is 6.04 Å². The van der Waals surface area contributed by atoms with Gasteiger partial charge in [-0.25, -0.2) is 0 Å². The van der Waals surface area contributed by atoms with Crippen LogP contribution in [0.25, 0.3) is 0 Å². The molecular formula is C10H13BrN2O2. The maximum atomic E-state index is 5.74. The molecule has 5 heteroatoms. The molecule has 0 bridgehead atoms. The number of epoxide rings is 1. The molecule has 2 fully saturated rings. The van der Waals surface area contributed by atoms with E-state index in [2.05, 4.69) is 34.9 Å². The van der Waals surface area contributed by atoms with Crippen molar-refractivity contribution in [2.24, 2.45) is 0 Å². The maximum Gasteiger partial charge on any atom is 0.163 e. The first-order chi connectivity index (χ1) is 7.15. The predicted octanol–water partition coefficient (Wildman–Crippen LogP) is 1.85. The topological polar surface area (TPSA) is 39.6 Å². The molecule has 0 spiro atoms. The Kier molecular flexibility index (Phi) is 2.00. The lowest BCUT2D eigenvalue weighted by Gasteiger charge is -2.15. The van der Waals surface area contributed by atoms with Crippen molar-refractivity contribution in [1.29, 1.82) is 0 Å². The van der Waals surface area contributed by atoms with Gasteiger partial charge in [-0.2, -0.15) is 5.10 Å². The molecule has 4 nitrogen and oxygen atoms in total. The lowest BCUT2D eigenvalue weighted by Crippen LogP contribution is -2.21. The first-order valence-corrected chi connectivity index (χ1v) is 5.93. The minimum Gasteiger partial charge on any atom is -0.375 e. The van der Waals surface area contributed by atoms with Crippen LogP contribution >= 0.6 is 15.9 Å². The summed E-state index contributed by atoms with van der Waals surface area (Å²) in [6, 6.07) is 0.339. The van der Waals surface area contributed by atoms with Crippen LogP contribution in [0.1, 0.15) is 25.6 Å². The zero-order chi connectivity index (χ0) is 10.6. The molecule has 2 aliphatic rings. The third-order valence-electron chi connectivity index (χ3n) is 3.04. The van der Waals surface area contributed by atoms with Crippen LogP contribution in [-0.4, -0.2) is 29.1 Å². The van der Waals surface area contributed by atoms with Crippen LogP contribution in [0.5, 0.6) is 0 Å². The molecule has 0 aliphatic carbocycles. The molecule has 0 unspecified atom stereocenters. The van der Waals surface area contributed by atoms with Crippen molar-refractivity contribution in [3.8, 4) is 0 Å². The van der Waals surface area contributed by atoms with Gasteiger partial charge in [-0.15, -0.1) is 0 Å². The summed E-state index contributed by atoms with van der Waals surface area (Å²) >= 11 is 3.54. The quantitative estimate of drug-likeness (QED) is 0.772. The summed E-state index contributed by atoms with van der Waals surface area (Å²) < 4.78 is 14.2. The fourth-order valence-corrected chi connectivity index (χ4v) is 2.85. The first kappa shape index (κ1) is 9.81. The van der Waals surface area contributed by atoms with E-state index >= 15 is 0 Å². The molecule has 0 amide bonds. The minimum atomic E-state index is -0.223. The first-order valence-electron chi connectivity index (χ1n) is 5.14. The van der Waals surface area contributed by atoms with Crippen LogP contribution in [0.2, 0.25) is 0 Å². The molecular weight excluding hydrogens is 260 g/mol. The highest BCUT2D eigenvalue weighted by Crippen LogP contribution is 2.52. The summed E-state index contributed by atoms with van der Waals surface area (Å²) in [6.45, 7) is 5.59. The predicted molar refractivity (Wildman–Crippen MR) is 57.7 cm³/mol. The van der Waals surface area contributed by atoms with Crippen molar-refractivity contribution in [3.63, 3.8) is 0 Å². The largest absolute Gasteiger partial charge is 0.375 e. The van der Waals surface area contributed by atoms with Gasteiger partial charge in [-0.3, -0.25) is 4.68 Å². The zero-order valence-electron chi connectivity index (χ0n) is 8.74. The molecule has 3 heterocycles. The van der Waals surface area contributed by atoms with E-state index in [1.54, 1.807) is 0 Å². The smallest absolute Gasteiger partial charge is 0.163 e. The number of rotatable bonds is 2. The van der Waals surface area contributed by atoms with Crippen LogP contribution in [0.4, 0.5) is 0 Å². The molecule has 2 saturated heterocycles. The highest BCUT2D eigenvalue weighted by molar-refractivity contribution is 9.10. The fraction of sp³-hybridized carbons (Fsp3) is 0.700. The fourth-order valence-electron chi connectivity index (χ4n) is 2.24. The maximum absolute atomic E-state index is 5.74. The van der Waals surface area contributed by atoms with Crippen molar-refractivity contribution in [1.82, 2.24) is 9.78 Å². The van der Waals surface area contributed by atoms with Crippen molar-refractivity contribution in [3.05, 3.63) is 16.4 Å². The van der Waals surface area contributed by atoms with Gasteiger partial charge in [-0.1, -0.05) is 0 Å². The van der Waals surface area contributed by atoms with Gasteiger partial charge in [0.05, 0.1) is 29.6 Å². The molecule has 0 N–H and O–H groups in total. The van der Waals surface area contributed by atoms with Gasteiger partial charge in [0.15, 0.2) is 5.60 Å². The van der Waals surface area contributed by atoms with Gasteiger partial charge < -0.3 is 9.47 Å². The highest BCUT2D eigenvalue weighted by atomic mass is 79.9. The molecule has 15 heavy (non-hydrogen) atoms. The molecule has 2 atom stereocenters. The van der Waals surface area contributed by atoms with Gasteiger partial charge in [0.2, 0.25) is 0 Å². The Balaban J connectivity index is 2.07. The molecule has 1 aromatic rings. The Morgan fingerprint density at radius 3 is 3.00 bits per heavy atom. The SMILES string of the molecule is CC(C)n1ncc(Br)c1[C@]12COC[C@H]1O2. The van der Waals surface area contributed by atoms with Crippen molar-refractivity contribution >= 4 is 15.9 Å². The van der Waals surface area contributed by atoms with E-state index in [0.29, 0.717) is 19.3 Å². The molecule has 1 aromatic heterocycles. The van der Waals surface area contributed by atoms with Gasteiger partial charge in [0.1, 0.15) is 6.10 Å². The van der Waals surface area contributed by atoms with Crippen LogP contribution in [0, 0.1) is 0 Å². The normalized spacial score (nSPS) is 33.5. The Morgan fingerprint density at radius 2 is 2.47 bits per heavy atom. The van der Waals surface area contributed by atoms with E-state index in [9.17, 15) is 0 Å². The summed E-state index contributed by atoms with van der Waals surface area (Å²) in [4.78, 5) is 0. The summed E-state index contributed by atoms with van der Waals surface area (Å²) in [7, 11) is 0. The van der Waals surface area contributed by atoms with Crippen LogP contribution in [0.3, 0.4) is 0 Å². The third-order valence-corrected chi connectivity index (χ3v) is 3.62. The van der Waals surface area contributed by atoms with Crippen molar-refractivity contribution < 1.29 is 9.47 Å². The van der Waals surface area contributed by atoms with Crippen molar-refractivity contribution in [2.75, 3.05) is 13.2 Å². The second-order valence-corrected chi connectivity index (χ2v) is 5.24. The summed E-state index contributed by atoms with van der Waals surface area (Å²) in [5, 5.41) is 4.37. The number of ether oxygens (including phenoxy) is 2. The van der Waals surface area contributed by atoms with E-state index in [-0.39, 0.29) is 11.7 Å². The lowest BCUT2D eigenvalue weighted by atomic mass is 10.0. The van der Waals surface area contributed by atoms with Gasteiger partial charge in [0.25, 0.3) is 0 Å². The number of halogens is 1. The molecule has 3 rings (SSSR count). The number of aromatic nitrogens is 2. The van der Waals surface area contributed by atoms with E-state index in [0.717, 1.165) is 10.2 Å². The molecule has 0 radical (unpaired) electrons. The number of fused-ring (bicyclic) bond motifs is 1. The monoisotopic (exact) mass is 272 g/mol. The Hall–Kier alpha value is -0.390. The van der Waals surface area contributed by atoms with Crippen molar-refractivity contribution in [2.45, 2.75) is 31.6 Å². The van der Waals surface area contributed by atoms with E-state index in [4.69, 9.17) is 9.47 Å². The average Bonchev–Trinajstić information content (AvgIpc) is 2.59. The summed E-state index contributed by atoms with van der Waals surface area (Å²) in [5.41, 5.74) is 0.902. The van der Waals surface area contributed by atoms with E-state index in [1.165, 1.54) is 0 Å². The van der Waals surface area contributed by atoms with Crippen LogP contribution < -0.4 is 0 Å². The van der Waals surface area contributed by atoms with E-state index < -0.39 is 0 Å². The molecule has 0 saturated carbocycles. The minimum absolute atomic E-state index is 0.223. The lowest BCUT2D eigenvalue weighted by molar-refractivity contribution is 0.0655. The second-order valence-electron chi connectivity index (χ2n) is 4.39. The molecule has 2 aliphatic heterocycles. The Labute approximate surface area is 96.7 Å². The van der Waals surface area contributed by atoms with Crippen LogP contribution in [-0.2, 0) is 15.1 Å². The Bertz CT molecular complexity index is 404. The Morgan fingerprint density at radius 1 is 1.67 bits per heavy atom. The zero-order valence-corrected chi connectivity index (χ0v) is 10.3. The van der Waals surface area contributed by atoms with Crippen LogP contribution in [0.15, 0.2) is 10.7 Å². The van der Waals surface area contributed by atoms with Gasteiger partial charge >= 0.3 is 0 Å². The highest BCUT2D eigenvalue weighted by Gasteiger charge is 2.64. The molecule has 82 valence electrons. The number of hydrogen-bond donors (Lipinski definition) is 0.